The molecule has 16 heavy (non-hydrogen) atoms. The van der Waals surface area contributed by atoms with Gasteiger partial charge in [0, 0.05) is 11.9 Å². The summed E-state index contributed by atoms with van der Waals surface area (Å²) < 4.78 is 0. The summed E-state index contributed by atoms with van der Waals surface area (Å²) in [7, 11) is 0. The van der Waals surface area contributed by atoms with E-state index in [-0.39, 0.29) is 0 Å². The number of nitrogens with zero attached hydrogens (tertiary/aromatic N) is 2. The van der Waals surface area contributed by atoms with Gasteiger partial charge in [0.25, 0.3) is 0 Å². The molecule has 0 unspecified atom stereocenters. The smallest absolute Gasteiger partial charge is 0.188 e. The van der Waals surface area contributed by atoms with Gasteiger partial charge in [0.05, 0.1) is 0 Å². The van der Waals surface area contributed by atoms with Crippen LogP contribution in [-0.2, 0) is 0 Å². The molecular formula is C11H17N3S2. The van der Waals surface area contributed by atoms with Crippen molar-refractivity contribution >= 4 is 23.5 Å². The van der Waals surface area contributed by atoms with E-state index in [1.165, 1.54) is 31.7 Å². The molecular weight excluding hydrogens is 238 g/mol. The van der Waals surface area contributed by atoms with Crippen molar-refractivity contribution in [3.05, 3.63) is 12.3 Å². The molecule has 1 saturated heterocycles. The number of piperidine rings is 1. The van der Waals surface area contributed by atoms with E-state index in [0.29, 0.717) is 0 Å². The van der Waals surface area contributed by atoms with Gasteiger partial charge in [0.1, 0.15) is 5.03 Å². The SMILES string of the molecule is CSc1nccc(SCC2CCNCC2)n1. The van der Waals surface area contributed by atoms with Crippen LogP contribution in [0.15, 0.2) is 22.4 Å². The molecule has 0 bridgehead atoms. The minimum absolute atomic E-state index is 0.846. The predicted octanol–water partition coefficient (Wildman–Crippen LogP) is 2.29. The summed E-state index contributed by atoms with van der Waals surface area (Å²) in [6.45, 7) is 2.34. The molecule has 1 fully saturated rings. The zero-order valence-electron chi connectivity index (χ0n) is 9.48. The van der Waals surface area contributed by atoms with Crippen LogP contribution in [0.4, 0.5) is 0 Å². The lowest BCUT2D eigenvalue weighted by Crippen LogP contribution is -2.28. The largest absolute Gasteiger partial charge is 0.317 e. The predicted molar refractivity (Wildman–Crippen MR) is 70.1 cm³/mol. The Balaban J connectivity index is 1.83. The van der Waals surface area contributed by atoms with Gasteiger partial charge in [-0.3, -0.25) is 0 Å². The van der Waals surface area contributed by atoms with Gasteiger partial charge in [-0.05, 0) is 44.2 Å². The first-order valence-electron chi connectivity index (χ1n) is 5.59. The maximum Gasteiger partial charge on any atom is 0.188 e. The van der Waals surface area contributed by atoms with Crippen LogP contribution in [0, 0.1) is 5.92 Å². The molecule has 1 N–H and O–H groups in total. The first-order chi connectivity index (χ1) is 7.88. The fraction of sp³-hybridized carbons (Fsp3) is 0.636. The first kappa shape index (κ1) is 12.2. The van der Waals surface area contributed by atoms with Gasteiger partial charge >= 0.3 is 0 Å². The van der Waals surface area contributed by atoms with Crippen LogP contribution in [-0.4, -0.2) is 35.1 Å². The Hall–Kier alpha value is -0.260. The van der Waals surface area contributed by atoms with Crippen molar-refractivity contribution in [3.63, 3.8) is 0 Å². The number of rotatable bonds is 4. The molecule has 1 aliphatic heterocycles. The minimum Gasteiger partial charge on any atom is -0.317 e. The topological polar surface area (TPSA) is 37.8 Å². The summed E-state index contributed by atoms with van der Waals surface area (Å²) in [6, 6.07) is 2.01. The molecule has 1 aliphatic rings. The molecule has 2 heterocycles. The van der Waals surface area contributed by atoms with Crippen LogP contribution in [0.1, 0.15) is 12.8 Å². The molecule has 5 heteroatoms. The minimum atomic E-state index is 0.846. The van der Waals surface area contributed by atoms with Crippen LogP contribution in [0.2, 0.25) is 0 Å². The van der Waals surface area contributed by atoms with Gasteiger partial charge < -0.3 is 5.32 Å². The second-order valence-electron chi connectivity index (χ2n) is 3.89. The molecule has 3 nitrogen and oxygen atoms in total. The van der Waals surface area contributed by atoms with E-state index in [2.05, 4.69) is 15.3 Å². The van der Waals surface area contributed by atoms with E-state index in [1.54, 1.807) is 11.8 Å². The van der Waals surface area contributed by atoms with Crippen LogP contribution >= 0.6 is 23.5 Å². The Morgan fingerprint density at radius 3 is 3.00 bits per heavy atom. The molecule has 0 saturated carbocycles. The Labute approximate surface area is 105 Å². The molecule has 0 spiro atoms. The van der Waals surface area contributed by atoms with Crippen molar-refractivity contribution in [2.75, 3.05) is 25.1 Å². The Morgan fingerprint density at radius 1 is 1.44 bits per heavy atom. The van der Waals surface area contributed by atoms with Crippen molar-refractivity contribution in [2.45, 2.75) is 23.0 Å². The van der Waals surface area contributed by atoms with Crippen LogP contribution in [0.3, 0.4) is 0 Å². The van der Waals surface area contributed by atoms with Gasteiger partial charge in [-0.25, -0.2) is 9.97 Å². The van der Waals surface area contributed by atoms with E-state index in [9.17, 15) is 0 Å². The van der Waals surface area contributed by atoms with E-state index < -0.39 is 0 Å². The Morgan fingerprint density at radius 2 is 2.25 bits per heavy atom. The van der Waals surface area contributed by atoms with Crippen molar-refractivity contribution in [1.82, 2.24) is 15.3 Å². The van der Waals surface area contributed by atoms with E-state index in [0.717, 1.165) is 16.1 Å². The number of hydrogen-bond acceptors (Lipinski definition) is 5. The zero-order valence-corrected chi connectivity index (χ0v) is 11.1. The van der Waals surface area contributed by atoms with Crippen molar-refractivity contribution in [3.8, 4) is 0 Å². The maximum absolute atomic E-state index is 4.47. The first-order valence-corrected chi connectivity index (χ1v) is 7.80. The van der Waals surface area contributed by atoms with E-state index >= 15 is 0 Å². The molecule has 0 amide bonds. The summed E-state index contributed by atoms with van der Waals surface area (Å²) >= 11 is 3.46. The molecule has 0 atom stereocenters. The van der Waals surface area contributed by atoms with Gasteiger partial charge in [-0.15, -0.1) is 11.8 Å². The number of hydrogen-bond donors (Lipinski definition) is 1. The lowest BCUT2D eigenvalue weighted by molar-refractivity contribution is 0.408. The lowest BCUT2D eigenvalue weighted by atomic mass is 10.0. The fourth-order valence-electron chi connectivity index (χ4n) is 1.76. The number of aromatic nitrogens is 2. The number of nitrogens with one attached hydrogen (secondary N) is 1. The number of thioether (sulfide) groups is 2. The molecule has 2 rings (SSSR count). The van der Waals surface area contributed by atoms with Crippen molar-refractivity contribution in [2.24, 2.45) is 5.92 Å². The zero-order chi connectivity index (χ0) is 11.2. The molecule has 0 radical (unpaired) electrons. The highest BCUT2D eigenvalue weighted by molar-refractivity contribution is 7.99. The van der Waals surface area contributed by atoms with E-state index in [4.69, 9.17) is 0 Å². The highest BCUT2D eigenvalue weighted by atomic mass is 32.2. The maximum atomic E-state index is 4.47. The van der Waals surface area contributed by atoms with Gasteiger partial charge in [-0.2, -0.15) is 0 Å². The third-order valence-corrected chi connectivity index (χ3v) is 4.44. The second-order valence-corrected chi connectivity index (χ2v) is 5.70. The summed E-state index contributed by atoms with van der Waals surface area (Å²) in [5.41, 5.74) is 0. The van der Waals surface area contributed by atoms with Gasteiger partial charge in [0.2, 0.25) is 0 Å². The van der Waals surface area contributed by atoms with Crippen LogP contribution in [0.5, 0.6) is 0 Å². The fourth-order valence-corrected chi connectivity index (χ4v) is 3.22. The third-order valence-electron chi connectivity index (χ3n) is 2.72. The molecule has 0 aromatic carbocycles. The van der Waals surface area contributed by atoms with Crippen LogP contribution in [0.25, 0.3) is 0 Å². The highest BCUT2D eigenvalue weighted by Gasteiger charge is 2.13. The Bertz CT molecular complexity index is 327. The third kappa shape index (κ3) is 3.64. The molecule has 1 aromatic heterocycles. The Kier molecular flexibility index (Phi) is 4.93. The summed E-state index contributed by atoms with van der Waals surface area (Å²) in [4.78, 5) is 8.66. The lowest BCUT2D eigenvalue weighted by Gasteiger charge is -2.21. The molecule has 88 valence electrons. The van der Waals surface area contributed by atoms with Crippen molar-refractivity contribution < 1.29 is 0 Å². The molecule has 0 aliphatic carbocycles. The second kappa shape index (κ2) is 6.47. The highest BCUT2D eigenvalue weighted by Crippen LogP contribution is 2.24. The normalized spacial score (nSPS) is 17.6. The molecule has 1 aromatic rings. The summed E-state index contributed by atoms with van der Waals surface area (Å²) in [5, 5.41) is 5.37. The summed E-state index contributed by atoms with van der Waals surface area (Å²) in [6.07, 6.45) is 6.46. The van der Waals surface area contributed by atoms with Crippen molar-refractivity contribution in [1.29, 1.82) is 0 Å². The average molecular weight is 255 g/mol. The van der Waals surface area contributed by atoms with Gasteiger partial charge in [-0.1, -0.05) is 11.8 Å². The van der Waals surface area contributed by atoms with Gasteiger partial charge in [0.15, 0.2) is 5.16 Å². The standard InChI is InChI=1S/C11H17N3S2/c1-15-11-13-7-4-10(14-11)16-8-9-2-5-12-6-3-9/h4,7,9,12H,2-3,5-6,8H2,1H3. The van der Waals surface area contributed by atoms with Crippen LogP contribution < -0.4 is 5.32 Å². The average Bonchev–Trinajstić information content (AvgIpc) is 2.38. The monoisotopic (exact) mass is 255 g/mol. The summed E-state index contributed by atoms with van der Waals surface area (Å²) in [5.74, 6) is 2.03. The quantitative estimate of drug-likeness (QED) is 0.507. The van der Waals surface area contributed by atoms with E-state index in [1.807, 2.05) is 30.3 Å².